The van der Waals surface area contributed by atoms with Crippen LogP contribution in [0.1, 0.15) is 12.0 Å². The SMILES string of the molecule is Nc1ccc(CCNC(=O)CCCl)cc1. The maximum absolute atomic E-state index is 11.1. The van der Waals surface area contributed by atoms with Gasteiger partial charge in [-0.3, -0.25) is 4.79 Å². The van der Waals surface area contributed by atoms with Gasteiger partial charge in [-0.05, 0) is 24.1 Å². The molecule has 3 N–H and O–H groups in total. The summed E-state index contributed by atoms with van der Waals surface area (Å²) in [5.74, 6) is 0.369. The Kier molecular flexibility index (Phi) is 4.98. The number of nitrogens with two attached hydrogens (primary N) is 1. The number of halogens is 1. The third-order valence-corrected chi connectivity index (χ3v) is 2.23. The molecular formula is C11H15ClN2O. The van der Waals surface area contributed by atoms with E-state index < -0.39 is 0 Å². The Morgan fingerprint density at radius 1 is 1.33 bits per heavy atom. The van der Waals surface area contributed by atoms with Gasteiger partial charge in [0.15, 0.2) is 0 Å². The van der Waals surface area contributed by atoms with Crippen LogP contribution in [0.2, 0.25) is 0 Å². The second-order valence-corrected chi connectivity index (χ2v) is 3.66. The van der Waals surface area contributed by atoms with E-state index in [0.717, 1.165) is 17.7 Å². The molecule has 0 aromatic heterocycles. The lowest BCUT2D eigenvalue weighted by molar-refractivity contribution is -0.120. The molecular weight excluding hydrogens is 212 g/mol. The van der Waals surface area contributed by atoms with Crippen LogP contribution in [-0.2, 0) is 11.2 Å². The topological polar surface area (TPSA) is 55.1 Å². The third kappa shape index (κ3) is 4.70. The van der Waals surface area contributed by atoms with E-state index in [9.17, 15) is 4.79 Å². The van der Waals surface area contributed by atoms with Crippen molar-refractivity contribution in [2.24, 2.45) is 0 Å². The lowest BCUT2D eigenvalue weighted by Gasteiger charge is -2.04. The van der Waals surface area contributed by atoms with E-state index in [-0.39, 0.29) is 5.91 Å². The van der Waals surface area contributed by atoms with Gasteiger partial charge in [-0.15, -0.1) is 11.6 Å². The molecule has 0 spiro atoms. The minimum Gasteiger partial charge on any atom is -0.399 e. The van der Waals surface area contributed by atoms with Crippen molar-refractivity contribution < 1.29 is 4.79 Å². The first-order valence-electron chi connectivity index (χ1n) is 4.89. The molecule has 0 radical (unpaired) electrons. The number of hydrogen-bond donors (Lipinski definition) is 2. The zero-order chi connectivity index (χ0) is 11.1. The van der Waals surface area contributed by atoms with Gasteiger partial charge >= 0.3 is 0 Å². The van der Waals surface area contributed by atoms with Crippen molar-refractivity contribution >= 4 is 23.2 Å². The van der Waals surface area contributed by atoms with Gasteiger partial charge in [0, 0.05) is 24.5 Å². The molecule has 0 atom stereocenters. The van der Waals surface area contributed by atoms with E-state index in [1.807, 2.05) is 24.3 Å². The van der Waals surface area contributed by atoms with E-state index in [0.29, 0.717) is 18.8 Å². The van der Waals surface area contributed by atoms with Gasteiger partial charge < -0.3 is 11.1 Å². The first-order valence-corrected chi connectivity index (χ1v) is 5.43. The van der Waals surface area contributed by atoms with Crippen molar-refractivity contribution in [3.05, 3.63) is 29.8 Å². The number of carbonyl (C=O) groups is 1. The summed E-state index contributed by atoms with van der Waals surface area (Å²) in [7, 11) is 0. The van der Waals surface area contributed by atoms with Gasteiger partial charge in [0.25, 0.3) is 0 Å². The molecule has 1 rings (SSSR count). The molecule has 1 aromatic carbocycles. The number of anilines is 1. The molecule has 0 aliphatic carbocycles. The molecule has 0 fully saturated rings. The molecule has 82 valence electrons. The summed E-state index contributed by atoms with van der Waals surface area (Å²) in [5.41, 5.74) is 7.48. The summed E-state index contributed by atoms with van der Waals surface area (Å²) in [5, 5.41) is 2.79. The second-order valence-electron chi connectivity index (χ2n) is 3.28. The summed E-state index contributed by atoms with van der Waals surface area (Å²) >= 11 is 5.44. The third-order valence-electron chi connectivity index (χ3n) is 2.04. The lowest BCUT2D eigenvalue weighted by atomic mass is 10.1. The van der Waals surface area contributed by atoms with Crippen LogP contribution in [0.25, 0.3) is 0 Å². The second kappa shape index (κ2) is 6.30. The van der Waals surface area contributed by atoms with Crippen LogP contribution in [0.3, 0.4) is 0 Å². The van der Waals surface area contributed by atoms with Gasteiger partial charge in [0.05, 0.1) is 0 Å². The first-order chi connectivity index (χ1) is 7.22. The molecule has 0 saturated heterocycles. The van der Waals surface area contributed by atoms with Crippen LogP contribution in [0.4, 0.5) is 5.69 Å². The molecule has 0 heterocycles. The molecule has 15 heavy (non-hydrogen) atoms. The Labute approximate surface area is 94.6 Å². The Bertz CT molecular complexity index is 311. The summed E-state index contributed by atoms with van der Waals surface area (Å²) in [6.07, 6.45) is 1.19. The monoisotopic (exact) mass is 226 g/mol. The minimum atomic E-state index is 0.000412. The van der Waals surface area contributed by atoms with Crippen LogP contribution in [0.15, 0.2) is 24.3 Å². The fourth-order valence-electron chi connectivity index (χ4n) is 1.20. The average Bonchev–Trinajstić information content (AvgIpc) is 2.21. The highest BCUT2D eigenvalue weighted by molar-refractivity contribution is 6.18. The Morgan fingerprint density at radius 3 is 2.60 bits per heavy atom. The van der Waals surface area contributed by atoms with Crippen LogP contribution >= 0.6 is 11.6 Å². The standard InChI is InChI=1S/C11H15ClN2O/c12-7-5-11(15)14-8-6-9-1-3-10(13)4-2-9/h1-4H,5-8,13H2,(H,14,15). The predicted octanol–water partition coefficient (Wildman–Crippen LogP) is 1.56. The number of carbonyl (C=O) groups excluding carboxylic acids is 1. The maximum atomic E-state index is 11.1. The Balaban J connectivity index is 2.26. The number of amides is 1. The lowest BCUT2D eigenvalue weighted by Crippen LogP contribution is -2.25. The highest BCUT2D eigenvalue weighted by atomic mass is 35.5. The van der Waals surface area contributed by atoms with Crippen LogP contribution in [-0.4, -0.2) is 18.3 Å². The zero-order valence-corrected chi connectivity index (χ0v) is 9.26. The normalized spacial score (nSPS) is 9.93. The van der Waals surface area contributed by atoms with E-state index >= 15 is 0 Å². The number of benzene rings is 1. The fraction of sp³-hybridized carbons (Fsp3) is 0.364. The Hall–Kier alpha value is -1.22. The molecule has 0 saturated carbocycles. The number of alkyl halides is 1. The molecule has 1 amide bonds. The van der Waals surface area contributed by atoms with Crippen LogP contribution in [0, 0.1) is 0 Å². The number of nitrogens with one attached hydrogen (secondary N) is 1. The highest BCUT2D eigenvalue weighted by Crippen LogP contribution is 2.05. The van der Waals surface area contributed by atoms with Crippen molar-refractivity contribution in [3.63, 3.8) is 0 Å². The van der Waals surface area contributed by atoms with E-state index in [1.54, 1.807) is 0 Å². The van der Waals surface area contributed by atoms with Crippen molar-refractivity contribution in [3.8, 4) is 0 Å². The number of rotatable bonds is 5. The highest BCUT2D eigenvalue weighted by Gasteiger charge is 1.98. The van der Waals surface area contributed by atoms with Crippen molar-refractivity contribution in [1.29, 1.82) is 0 Å². The molecule has 0 bridgehead atoms. The van der Waals surface area contributed by atoms with E-state index in [4.69, 9.17) is 17.3 Å². The van der Waals surface area contributed by atoms with Gasteiger partial charge in [0.2, 0.25) is 5.91 Å². The van der Waals surface area contributed by atoms with Gasteiger partial charge in [-0.2, -0.15) is 0 Å². The van der Waals surface area contributed by atoms with E-state index in [2.05, 4.69) is 5.32 Å². The van der Waals surface area contributed by atoms with Gasteiger partial charge in [-0.1, -0.05) is 12.1 Å². The minimum absolute atomic E-state index is 0.000412. The Morgan fingerprint density at radius 2 is 2.00 bits per heavy atom. The molecule has 3 nitrogen and oxygen atoms in total. The quantitative estimate of drug-likeness (QED) is 0.591. The van der Waals surface area contributed by atoms with Crippen LogP contribution < -0.4 is 11.1 Å². The molecule has 0 aliphatic heterocycles. The molecule has 0 unspecified atom stereocenters. The average molecular weight is 227 g/mol. The van der Waals surface area contributed by atoms with Crippen molar-refractivity contribution in [2.45, 2.75) is 12.8 Å². The van der Waals surface area contributed by atoms with E-state index in [1.165, 1.54) is 0 Å². The summed E-state index contributed by atoms with van der Waals surface area (Å²) in [6.45, 7) is 0.639. The zero-order valence-electron chi connectivity index (χ0n) is 8.50. The summed E-state index contributed by atoms with van der Waals surface area (Å²) < 4.78 is 0. The maximum Gasteiger partial charge on any atom is 0.221 e. The molecule has 1 aromatic rings. The smallest absolute Gasteiger partial charge is 0.221 e. The largest absolute Gasteiger partial charge is 0.399 e. The van der Waals surface area contributed by atoms with Gasteiger partial charge in [-0.25, -0.2) is 0 Å². The van der Waals surface area contributed by atoms with Gasteiger partial charge in [0.1, 0.15) is 0 Å². The van der Waals surface area contributed by atoms with Crippen LogP contribution in [0.5, 0.6) is 0 Å². The first kappa shape index (κ1) is 11.9. The number of nitrogen functional groups attached to an aromatic ring is 1. The fourth-order valence-corrected chi connectivity index (χ4v) is 1.38. The number of hydrogen-bond acceptors (Lipinski definition) is 2. The van der Waals surface area contributed by atoms with Crippen molar-refractivity contribution in [2.75, 3.05) is 18.2 Å². The summed E-state index contributed by atoms with van der Waals surface area (Å²) in [4.78, 5) is 11.1. The summed E-state index contributed by atoms with van der Waals surface area (Å²) in [6, 6.07) is 7.64. The van der Waals surface area contributed by atoms with Crippen molar-refractivity contribution in [1.82, 2.24) is 5.32 Å². The molecule has 0 aliphatic rings. The molecule has 4 heteroatoms. The predicted molar refractivity (Wildman–Crippen MR) is 62.9 cm³/mol.